The number of halogens is 1. The van der Waals surface area contributed by atoms with Crippen LogP contribution in [0.3, 0.4) is 0 Å². The minimum atomic E-state index is -0.119. The summed E-state index contributed by atoms with van der Waals surface area (Å²) in [5.74, 6) is 1.31. The van der Waals surface area contributed by atoms with Crippen LogP contribution in [-0.2, 0) is 24.2 Å². The van der Waals surface area contributed by atoms with Gasteiger partial charge in [-0.1, -0.05) is 29.8 Å². The van der Waals surface area contributed by atoms with E-state index in [2.05, 4.69) is 32.2 Å². The molecule has 2 aromatic carbocycles. The largest absolute Gasteiger partial charge is 0.493 e. The average Bonchev–Trinajstić information content (AvgIpc) is 3.43. The van der Waals surface area contributed by atoms with Crippen LogP contribution in [0.1, 0.15) is 33.0 Å². The Bertz CT molecular complexity index is 1200. The van der Waals surface area contributed by atoms with Crippen LogP contribution < -0.4 is 14.8 Å². The summed E-state index contributed by atoms with van der Waals surface area (Å²) in [7, 11) is 3.28. The van der Waals surface area contributed by atoms with E-state index < -0.39 is 0 Å². The highest BCUT2D eigenvalue weighted by Gasteiger charge is 2.16. The SMILES string of the molecule is COc1ccc(CCN(Cc2cccc(Cl)c2)Cc2nc(C(=O)NCCCN3CCOCC3)cs2)cc1OC. The molecule has 0 spiro atoms. The molecule has 1 N–H and O–H groups in total. The summed E-state index contributed by atoms with van der Waals surface area (Å²) >= 11 is 7.77. The van der Waals surface area contributed by atoms with Crippen molar-refractivity contribution in [2.24, 2.45) is 0 Å². The fourth-order valence-electron chi connectivity index (χ4n) is 4.53. The molecule has 1 saturated heterocycles. The van der Waals surface area contributed by atoms with Crippen LogP contribution in [0, 0.1) is 0 Å². The number of carbonyl (C=O) groups excluding carboxylic acids is 1. The zero-order valence-electron chi connectivity index (χ0n) is 22.7. The molecular weight excluding hydrogens is 536 g/mol. The summed E-state index contributed by atoms with van der Waals surface area (Å²) in [5, 5.41) is 6.48. The van der Waals surface area contributed by atoms with E-state index in [0.29, 0.717) is 29.6 Å². The molecule has 1 aliphatic heterocycles. The molecule has 0 aliphatic carbocycles. The van der Waals surface area contributed by atoms with Crippen molar-refractivity contribution in [2.75, 3.05) is 60.2 Å². The van der Waals surface area contributed by atoms with Gasteiger partial charge in [0.1, 0.15) is 10.7 Å². The lowest BCUT2D eigenvalue weighted by Gasteiger charge is -2.26. The van der Waals surface area contributed by atoms with Gasteiger partial charge in [-0.05, 0) is 54.8 Å². The van der Waals surface area contributed by atoms with Gasteiger partial charge in [-0.2, -0.15) is 0 Å². The molecule has 3 aromatic rings. The Balaban J connectivity index is 1.34. The first-order valence-corrected chi connectivity index (χ1v) is 14.5. The Morgan fingerprint density at radius 3 is 2.69 bits per heavy atom. The van der Waals surface area contributed by atoms with Gasteiger partial charge in [0, 0.05) is 43.1 Å². The molecule has 0 atom stereocenters. The van der Waals surface area contributed by atoms with Crippen molar-refractivity contribution in [2.45, 2.75) is 25.9 Å². The molecule has 0 radical (unpaired) electrons. The number of carbonyl (C=O) groups is 1. The van der Waals surface area contributed by atoms with Gasteiger partial charge in [0.25, 0.3) is 5.91 Å². The van der Waals surface area contributed by atoms with Crippen molar-refractivity contribution in [3.8, 4) is 11.5 Å². The van der Waals surface area contributed by atoms with Crippen molar-refractivity contribution in [3.05, 3.63) is 74.7 Å². The average molecular weight is 573 g/mol. The van der Waals surface area contributed by atoms with Crippen molar-refractivity contribution in [1.29, 1.82) is 0 Å². The maximum atomic E-state index is 12.7. The minimum absolute atomic E-state index is 0.119. The van der Waals surface area contributed by atoms with Crippen molar-refractivity contribution in [1.82, 2.24) is 20.1 Å². The van der Waals surface area contributed by atoms with E-state index in [1.54, 1.807) is 14.2 Å². The molecule has 0 unspecified atom stereocenters. The zero-order valence-corrected chi connectivity index (χ0v) is 24.2. The molecule has 4 rings (SSSR count). The van der Waals surface area contributed by atoms with Gasteiger partial charge in [-0.25, -0.2) is 4.98 Å². The molecule has 1 amide bonds. The summed E-state index contributed by atoms with van der Waals surface area (Å²) in [5.41, 5.74) is 2.76. The fourth-order valence-corrected chi connectivity index (χ4v) is 5.56. The second-order valence-corrected chi connectivity index (χ2v) is 10.8. The van der Waals surface area contributed by atoms with E-state index in [9.17, 15) is 4.79 Å². The van der Waals surface area contributed by atoms with Gasteiger partial charge >= 0.3 is 0 Å². The Morgan fingerprint density at radius 2 is 1.92 bits per heavy atom. The predicted molar refractivity (Wildman–Crippen MR) is 155 cm³/mol. The number of benzene rings is 2. The first-order chi connectivity index (χ1) is 19.0. The van der Waals surface area contributed by atoms with E-state index in [4.69, 9.17) is 25.8 Å². The van der Waals surface area contributed by atoms with Gasteiger partial charge in [-0.15, -0.1) is 11.3 Å². The number of nitrogens with zero attached hydrogens (tertiary/aromatic N) is 3. The summed E-state index contributed by atoms with van der Waals surface area (Å²) in [4.78, 5) is 22.0. The Kier molecular flexibility index (Phi) is 11.4. The third-order valence-corrected chi connectivity index (χ3v) is 7.71. The first kappa shape index (κ1) is 29.3. The highest BCUT2D eigenvalue weighted by atomic mass is 35.5. The van der Waals surface area contributed by atoms with Crippen molar-refractivity contribution < 1.29 is 19.0 Å². The number of morpholine rings is 1. The molecule has 8 nitrogen and oxygen atoms in total. The van der Waals surface area contributed by atoms with Crippen LogP contribution in [-0.4, -0.2) is 80.8 Å². The van der Waals surface area contributed by atoms with Gasteiger partial charge in [0.2, 0.25) is 0 Å². The van der Waals surface area contributed by atoms with Crippen LogP contribution >= 0.6 is 22.9 Å². The van der Waals surface area contributed by atoms with E-state index in [-0.39, 0.29) is 5.91 Å². The van der Waals surface area contributed by atoms with E-state index in [0.717, 1.165) is 80.7 Å². The highest BCUT2D eigenvalue weighted by Crippen LogP contribution is 2.28. The summed E-state index contributed by atoms with van der Waals surface area (Å²) in [6.07, 6.45) is 1.73. The van der Waals surface area contributed by atoms with E-state index in [1.165, 1.54) is 11.3 Å². The number of rotatable bonds is 14. The third kappa shape index (κ3) is 9.19. The molecule has 210 valence electrons. The second kappa shape index (κ2) is 15.2. The number of amides is 1. The van der Waals surface area contributed by atoms with Crippen LogP contribution in [0.4, 0.5) is 0 Å². The van der Waals surface area contributed by atoms with Crippen LogP contribution in [0.15, 0.2) is 47.8 Å². The Labute approximate surface area is 239 Å². The molecule has 10 heteroatoms. The first-order valence-electron chi connectivity index (χ1n) is 13.2. The number of methoxy groups -OCH3 is 2. The molecule has 0 bridgehead atoms. The predicted octanol–water partition coefficient (Wildman–Crippen LogP) is 4.51. The smallest absolute Gasteiger partial charge is 0.270 e. The topological polar surface area (TPSA) is 76.2 Å². The lowest BCUT2D eigenvalue weighted by atomic mass is 10.1. The van der Waals surface area contributed by atoms with E-state index >= 15 is 0 Å². The van der Waals surface area contributed by atoms with Crippen LogP contribution in [0.2, 0.25) is 5.02 Å². The maximum absolute atomic E-state index is 12.7. The fraction of sp³-hybridized carbons (Fsp3) is 0.448. The third-order valence-electron chi connectivity index (χ3n) is 6.64. The van der Waals surface area contributed by atoms with Gasteiger partial charge < -0.3 is 19.5 Å². The maximum Gasteiger partial charge on any atom is 0.270 e. The van der Waals surface area contributed by atoms with Crippen LogP contribution in [0.5, 0.6) is 11.5 Å². The molecule has 39 heavy (non-hydrogen) atoms. The number of aromatic nitrogens is 1. The molecule has 1 aliphatic rings. The van der Waals surface area contributed by atoms with Crippen LogP contribution in [0.25, 0.3) is 0 Å². The monoisotopic (exact) mass is 572 g/mol. The molecule has 2 heterocycles. The number of thiazole rings is 1. The van der Waals surface area contributed by atoms with Gasteiger partial charge in [0.05, 0.1) is 34.0 Å². The van der Waals surface area contributed by atoms with E-state index in [1.807, 2.05) is 35.7 Å². The molecule has 0 saturated carbocycles. The number of hydrogen-bond acceptors (Lipinski definition) is 8. The molecule has 1 aromatic heterocycles. The number of ether oxygens (including phenoxy) is 3. The summed E-state index contributed by atoms with van der Waals surface area (Å²) in [6.45, 7) is 7.24. The number of hydrogen-bond donors (Lipinski definition) is 1. The standard InChI is InChI=1S/C29H37ClN4O4S/c1-36-26-8-7-22(18-27(26)37-2)9-12-34(19-23-5-3-6-24(30)17-23)20-28-32-25(21-39-28)29(35)31-10-4-11-33-13-15-38-16-14-33/h3,5-8,17-18,21H,4,9-16,19-20H2,1-2H3,(H,31,35). The quantitative estimate of drug-likeness (QED) is 0.285. The Morgan fingerprint density at radius 1 is 1.10 bits per heavy atom. The zero-order chi connectivity index (χ0) is 27.5. The van der Waals surface area contributed by atoms with Gasteiger partial charge in [0.15, 0.2) is 11.5 Å². The second-order valence-electron chi connectivity index (χ2n) is 9.47. The molecular formula is C29H37ClN4O4S. The highest BCUT2D eigenvalue weighted by molar-refractivity contribution is 7.09. The normalized spacial score (nSPS) is 13.9. The Hall–Kier alpha value is -2.69. The number of nitrogens with one attached hydrogen (secondary N) is 1. The van der Waals surface area contributed by atoms with Gasteiger partial charge in [-0.3, -0.25) is 14.6 Å². The molecule has 1 fully saturated rings. The minimum Gasteiger partial charge on any atom is -0.493 e. The summed E-state index contributed by atoms with van der Waals surface area (Å²) < 4.78 is 16.2. The van der Waals surface area contributed by atoms with Crippen molar-refractivity contribution >= 4 is 28.8 Å². The van der Waals surface area contributed by atoms with Crippen molar-refractivity contribution in [3.63, 3.8) is 0 Å². The lowest BCUT2D eigenvalue weighted by molar-refractivity contribution is 0.0374. The lowest BCUT2D eigenvalue weighted by Crippen LogP contribution is -2.38. The summed E-state index contributed by atoms with van der Waals surface area (Å²) in [6, 6.07) is 13.9.